The molecule has 180 valence electrons. The third-order valence-corrected chi connectivity index (χ3v) is 9.16. The van der Waals surface area contributed by atoms with Crippen LogP contribution in [-0.2, 0) is 14.6 Å². The topological polar surface area (TPSA) is 89.7 Å². The van der Waals surface area contributed by atoms with Crippen LogP contribution in [0.1, 0.15) is 39.0 Å². The summed E-state index contributed by atoms with van der Waals surface area (Å²) in [7, 11) is -3.45. The van der Waals surface area contributed by atoms with Crippen molar-refractivity contribution in [3.63, 3.8) is 0 Å². The van der Waals surface area contributed by atoms with E-state index >= 15 is 0 Å². The molecule has 1 aromatic rings. The second kappa shape index (κ2) is 9.58. The number of carbonyl (C=O) groups is 1. The van der Waals surface area contributed by atoms with Crippen molar-refractivity contribution in [3.05, 3.63) is 47.8 Å². The van der Waals surface area contributed by atoms with Gasteiger partial charge in [-0.25, -0.2) is 12.8 Å². The molecule has 8 heteroatoms. The van der Waals surface area contributed by atoms with E-state index in [1.165, 1.54) is 17.7 Å². The van der Waals surface area contributed by atoms with Crippen molar-refractivity contribution in [1.29, 1.82) is 0 Å². The number of ether oxygens (including phenoxy) is 1. The van der Waals surface area contributed by atoms with Gasteiger partial charge < -0.3 is 15.4 Å². The number of sulfone groups is 1. The molecule has 3 aliphatic rings. The number of amides is 1. The zero-order valence-corrected chi connectivity index (χ0v) is 20.0. The number of allylic oxidation sites excluding steroid dienone is 2. The summed E-state index contributed by atoms with van der Waals surface area (Å²) in [5, 5.41) is 0. The number of fused-ring (bicyclic) bond motifs is 1. The number of nitrogens with two attached hydrogens (primary N) is 1. The average molecular weight is 477 g/mol. The molecule has 2 atom stereocenters. The van der Waals surface area contributed by atoms with Crippen LogP contribution in [0.2, 0.25) is 0 Å². The first-order valence-corrected chi connectivity index (χ1v) is 13.3. The van der Waals surface area contributed by atoms with Gasteiger partial charge in [-0.3, -0.25) is 4.79 Å². The average Bonchev–Trinajstić information content (AvgIpc) is 3.58. The second-order valence-corrected chi connectivity index (χ2v) is 11.9. The third kappa shape index (κ3) is 5.49. The largest absolute Gasteiger partial charge is 0.489 e. The zero-order valence-electron chi connectivity index (χ0n) is 19.1. The van der Waals surface area contributed by atoms with E-state index in [0.717, 1.165) is 19.3 Å². The molecule has 1 aromatic carbocycles. The van der Waals surface area contributed by atoms with Crippen LogP contribution in [-0.4, -0.2) is 51.2 Å². The van der Waals surface area contributed by atoms with Gasteiger partial charge in [0.15, 0.2) is 9.84 Å². The fraction of sp³-hybridized carbons (Fsp3) is 0.560. The van der Waals surface area contributed by atoms with Crippen molar-refractivity contribution in [2.45, 2.75) is 43.9 Å². The Labute approximate surface area is 195 Å². The predicted octanol–water partition coefficient (Wildman–Crippen LogP) is 3.64. The maximum atomic E-state index is 13.2. The number of hydrogen-bond donors (Lipinski definition) is 1. The molecular formula is C25H33FN2O4S. The van der Waals surface area contributed by atoms with Crippen LogP contribution in [0.15, 0.2) is 52.7 Å². The highest BCUT2D eigenvalue weighted by molar-refractivity contribution is 7.91. The van der Waals surface area contributed by atoms with Crippen molar-refractivity contribution in [1.82, 2.24) is 4.90 Å². The minimum Gasteiger partial charge on any atom is -0.489 e. The van der Waals surface area contributed by atoms with Crippen molar-refractivity contribution in [2.24, 2.45) is 23.0 Å². The van der Waals surface area contributed by atoms with Crippen LogP contribution in [0.25, 0.3) is 0 Å². The fourth-order valence-corrected chi connectivity index (χ4v) is 6.68. The quantitative estimate of drug-likeness (QED) is 0.579. The Morgan fingerprint density at radius 2 is 1.97 bits per heavy atom. The summed E-state index contributed by atoms with van der Waals surface area (Å²) in [5.74, 6) is 1.39. The molecule has 1 amide bonds. The Morgan fingerprint density at radius 3 is 2.58 bits per heavy atom. The first-order valence-electron chi connectivity index (χ1n) is 11.7. The molecule has 1 aliphatic heterocycles. The molecule has 1 saturated heterocycles. The molecule has 1 heterocycles. The predicted molar refractivity (Wildman–Crippen MR) is 125 cm³/mol. The highest BCUT2D eigenvalue weighted by Gasteiger charge is 2.46. The molecule has 0 spiro atoms. The molecule has 1 saturated carbocycles. The first-order chi connectivity index (χ1) is 15.7. The summed E-state index contributed by atoms with van der Waals surface area (Å²) in [6.45, 7) is 3.40. The Hall–Kier alpha value is -2.19. The molecule has 2 unspecified atom stereocenters. The minimum absolute atomic E-state index is 0.0214. The molecule has 2 fully saturated rings. The van der Waals surface area contributed by atoms with Crippen LogP contribution in [0.5, 0.6) is 5.75 Å². The van der Waals surface area contributed by atoms with Gasteiger partial charge in [0.2, 0.25) is 5.91 Å². The van der Waals surface area contributed by atoms with Gasteiger partial charge in [-0.15, -0.1) is 0 Å². The maximum Gasteiger partial charge on any atom is 0.228 e. The van der Waals surface area contributed by atoms with E-state index in [4.69, 9.17) is 10.5 Å². The van der Waals surface area contributed by atoms with E-state index in [1.54, 1.807) is 12.1 Å². The highest BCUT2D eigenvalue weighted by atomic mass is 32.2. The Kier molecular flexibility index (Phi) is 6.96. The molecule has 4 rings (SSSR count). The van der Waals surface area contributed by atoms with Crippen molar-refractivity contribution in [3.8, 4) is 5.75 Å². The van der Waals surface area contributed by atoms with E-state index in [0.29, 0.717) is 49.5 Å². The van der Waals surface area contributed by atoms with Crippen molar-refractivity contribution < 1.29 is 22.3 Å². The molecule has 0 bridgehead atoms. The summed E-state index contributed by atoms with van der Waals surface area (Å²) in [4.78, 5) is 15.3. The van der Waals surface area contributed by atoms with Crippen LogP contribution < -0.4 is 10.5 Å². The number of rotatable bonds is 8. The number of nitrogens with zero attached hydrogens (tertiary/aromatic N) is 1. The van der Waals surface area contributed by atoms with Gasteiger partial charge in [0.1, 0.15) is 12.4 Å². The van der Waals surface area contributed by atoms with Crippen molar-refractivity contribution in [2.75, 3.05) is 32.0 Å². The third-order valence-electron chi connectivity index (χ3n) is 7.25. The van der Waals surface area contributed by atoms with Gasteiger partial charge in [0.05, 0.1) is 22.4 Å². The molecule has 0 aromatic heterocycles. The number of piperidine rings is 1. The van der Waals surface area contributed by atoms with Gasteiger partial charge in [-0.05, 0) is 68.2 Å². The number of hydrogen-bond acceptors (Lipinski definition) is 5. The molecule has 2 N–H and O–H groups in total. The lowest BCUT2D eigenvalue weighted by Gasteiger charge is -2.39. The number of carbonyl (C=O) groups excluding carboxylic acids is 1. The lowest BCUT2D eigenvalue weighted by molar-refractivity contribution is -0.143. The molecule has 33 heavy (non-hydrogen) atoms. The lowest BCUT2D eigenvalue weighted by atomic mass is 9.77. The van der Waals surface area contributed by atoms with Crippen LogP contribution in [0.4, 0.5) is 4.39 Å². The summed E-state index contributed by atoms with van der Waals surface area (Å²) in [5.41, 5.74) is 6.93. The van der Waals surface area contributed by atoms with Crippen LogP contribution in [0, 0.1) is 17.3 Å². The normalized spacial score (nSPS) is 25.9. The first kappa shape index (κ1) is 24.0. The lowest BCUT2D eigenvalue weighted by Crippen LogP contribution is -2.47. The van der Waals surface area contributed by atoms with Crippen LogP contribution in [0.3, 0.4) is 0 Å². The summed E-state index contributed by atoms with van der Waals surface area (Å²) >= 11 is 0. The van der Waals surface area contributed by atoms with Crippen molar-refractivity contribution >= 4 is 15.7 Å². The summed E-state index contributed by atoms with van der Waals surface area (Å²) in [6.07, 6.45) is 6.99. The monoisotopic (exact) mass is 476 g/mol. The highest BCUT2D eigenvalue weighted by Crippen LogP contribution is 2.52. The Balaban J connectivity index is 1.29. The standard InChI is InChI=1S/C25H33FN2O4S/c1-25(9-6-20-12-21(20)13-25)24(29)28-10-7-18(8-11-28)17-33(30,31)23-4-2-22(3-5-23)32-16-19(14-26)15-27/h2-6,14,18,21H,7-13,15-17,27H2,1H3/b19-14+. The SMILES string of the molecule is CC1(C(=O)N2CCC(CS(=O)(=O)c3ccc(OC/C(=C/F)CN)cc3)CC2)CC=C2CC2C1. The fourth-order valence-electron chi connectivity index (χ4n) is 4.98. The maximum absolute atomic E-state index is 13.2. The smallest absolute Gasteiger partial charge is 0.228 e. The van der Waals surface area contributed by atoms with E-state index in [2.05, 4.69) is 13.0 Å². The summed E-state index contributed by atoms with van der Waals surface area (Å²) in [6, 6.07) is 6.19. The zero-order chi connectivity index (χ0) is 23.6. The van der Waals surface area contributed by atoms with Gasteiger partial charge >= 0.3 is 0 Å². The molecule has 0 radical (unpaired) electrons. The molecular weight excluding hydrogens is 443 g/mol. The number of halogens is 1. The van der Waals surface area contributed by atoms with Crippen LogP contribution >= 0.6 is 0 Å². The van der Waals surface area contributed by atoms with E-state index in [1.807, 2.05) is 4.90 Å². The Bertz CT molecular complexity index is 1040. The van der Waals surface area contributed by atoms with Gasteiger partial charge in [0.25, 0.3) is 0 Å². The van der Waals surface area contributed by atoms with E-state index in [9.17, 15) is 17.6 Å². The number of likely N-dealkylation sites (tertiary alicyclic amines) is 1. The minimum atomic E-state index is -3.45. The number of benzene rings is 1. The van der Waals surface area contributed by atoms with E-state index in [-0.39, 0.29) is 41.0 Å². The van der Waals surface area contributed by atoms with Gasteiger partial charge in [-0.2, -0.15) is 0 Å². The molecule has 6 nitrogen and oxygen atoms in total. The van der Waals surface area contributed by atoms with E-state index < -0.39 is 9.84 Å². The van der Waals surface area contributed by atoms with Gasteiger partial charge in [-0.1, -0.05) is 18.6 Å². The van der Waals surface area contributed by atoms with Gasteiger partial charge in [0, 0.05) is 25.2 Å². The summed E-state index contributed by atoms with van der Waals surface area (Å²) < 4.78 is 43.9. The molecule has 2 aliphatic carbocycles. The second-order valence-electron chi connectivity index (χ2n) is 9.90. The Morgan fingerprint density at radius 1 is 1.27 bits per heavy atom.